The fourth-order valence-corrected chi connectivity index (χ4v) is 7.55. The van der Waals surface area contributed by atoms with E-state index in [0.717, 1.165) is 50.1 Å². The molecule has 1 unspecified atom stereocenters. The minimum atomic E-state index is 0.0139. The maximum atomic E-state index is 6.74. The average molecular weight is 604 g/mol. The second kappa shape index (κ2) is 10.1. The molecule has 0 bridgehead atoms. The number of hydrogen-bond acceptors (Lipinski definition) is 3. The van der Waals surface area contributed by atoms with Crippen LogP contribution in [0.15, 0.2) is 168 Å². The van der Waals surface area contributed by atoms with E-state index in [1.165, 1.54) is 33.1 Å². The van der Waals surface area contributed by atoms with E-state index in [2.05, 4.69) is 179 Å². The molecule has 0 radical (unpaired) electrons. The van der Waals surface area contributed by atoms with Crippen LogP contribution in [0.2, 0.25) is 0 Å². The van der Waals surface area contributed by atoms with E-state index >= 15 is 0 Å². The molecule has 4 nitrogen and oxygen atoms in total. The zero-order chi connectivity index (χ0) is 30.9. The van der Waals surface area contributed by atoms with Crippen LogP contribution in [0, 0.1) is 0 Å². The summed E-state index contributed by atoms with van der Waals surface area (Å²) in [6.45, 7) is 0. The molecule has 1 atom stereocenters. The van der Waals surface area contributed by atoms with Crippen molar-refractivity contribution in [2.24, 2.45) is 0 Å². The van der Waals surface area contributed by atoms with Gasteiger partial charge in [0.1, 0.15) is 11.7 Å². The van der Waals surface area contributed by atoms with E-state index in [4.69, 9.17) is 4.42 Å². The van der Waals surface area contributed by atoms with E-state index in [1.54, 1.807) is 0 Å². The fraction of sp³-hybridized carbons (Fsp3) is 0.0233. The molecule has 1 aliphatic rings. The van der Waals surface area contributed by atoms with Crippen LogP contribution in [0.1, 0.15) is 11.7 Å². The predicted octanol–water partition coefficient (Wildman–Crippen LogP) is 11.6. The van der Waals surface area contributed by atoms with Crippen LogP contribution in [0.3, 0.4) is 0 Å². The summed E-state index contributed by atoms with van der Waals surface area (Å²) in [4.78, 5) is 2.39. The van der Waals surface area contributed by atoms with Crippen molar-refractivity contribution >= 4 is 60.8 Å². The maximum Gasteiger partial charge on any atom is 0.159 e. The number of hydrogen-bond donors (Lipinski definition) is 1. The van der Waals surface area contributed by atoms with Gasteiger partial charge in [-0.15, -0.1) is 0 Å². The first-order chi connectivity index (χ1) is 23.3. The number of nitrogens with one attached hydrogen (secondary N) is 1. The van der Waals surface area contributed by atoms with Crippen LogP contribution in [-0.2, 0) is 0 Å². The Balaban J connectivity index is 1.12. The molecule has 7 aromatic carbocycles. The Morgan fingerprint density at radius 3 is 1.94 bits per heavy atom. The van der Waals surface area contributed by atoms with Gasteiger partial charge in [-0.2, -0.15) is 0 Å². The van der Waals surface area contributed by atoms with Crippen molar-refractivity contribution in [3.05, 3.63) is 169 Å². The van der Waals surface area contributed by atoms with E-state index in [1.807, 2.05) is 0 Å². The van der Waals surface area contributed by atoms with Gasteiger partial charge in [-0.3, -0.25) is 0 Å². The van der Waals surface area contributed by atoms with Crippen LogP contribution < -0.4 is 10.2 Å². The molecule has 0 fully saturated rings. The summed E-state index contributed by atoms with van der Waals surface area (Å²) in [6, 6.07) is 58.2. The van der Waals surface area contributed by atoms with Crippen LogP contribution in [-0.4, -0.2) is 4.57 Å². The van der Waals surface area contributed by atoms with E-state index in [-0.39, 0.29) is 6.17 Å². The van der Waals surface area contributed by atoms with Gasteiger partial charge in [0.05, 0.1) is 28.1 Å². The predicted molar refractivity (Wildman–Crippen MR) is 195 cm³/mol. The zero-order valence-electron chi connectivity index (χ0n) is 25.5. The molecule has 0 spiro atoms. The zero-order valence-corrected chi connectivity index (χ0v) is 25.5. The third kappa shape index (κ3) is 3.88. The van der Waals surface area contributed by atoms with Gasteiger partial charge >= 0.3 is 0 Å². The number of benzene rings is 7. The topological polar surface area (TPSA) is 33.3 Å². The van der Waals surface area contributed by atoms with Gasteiger partial charge in [-0.05, 0) is 65.2 Å². The van der Waals surface area contributed by atoms with Crippen molar-refractivity contribution in [1.29, 1.82) is 0 Å². The molecule has 0 saturated heterocycles. The highest BCUT2D eigenvalue weighted by atomic mass is 16.3. The molecule has 1 aliphatic heterocycles. The average Bonchev–Trinajstić information content (AvgIpc) is 3.82. The lowest BCUT2D eigenvalue weighted by Crippen LogP contribution is -2.23. The quantitative estimate of drug-likeness (QED) is 0.217. The van der Waals surface area contributed by atoms with E-state index < -0.39 is 0 Å². The summed E-state index contributed by atoms with van der Waals surface area (Å²) < 4.78 is 9.08. The Kier molecular flexibility index (Phi) is 5.60. The highest BCUT2D eigenvalue weighted by Crippen LogP contribution is 2.47. The first kappa shape index (κ1) is 26.0. The molecule has 47 heavy (non-hydrogen) atoms. The Morgan fingerprint density at radius 1 is 0.511 bits per heavy atom. The van der Waals surface area contributed by atoms with Crippen LogP contribution in [0.5, 0.6) is 0 Å². The van der Waals surface area contributed by atoms with Gasteiger partial charge in [-0.25, -0.2) is 0 Å². The molecular formula is C43H29N3O. The number of rotatable bonds is 4. The first-order valence-electron chi connectivity index (χ1n) is 16.1. The molecule has 0 saturated carbocycles. The van der Waals surface area contributed by atoms with Gasteiger partial charge in [0.25, 0.3) is 0 Å². The summed E-state index contributed by atoms with van der Waals surface area (Å²) in [5, 5.41) is 8.46. The van der Waals surface area contributed by atoms with Crippen molar-refractivity contribution in [2.45, 2.75) is 6.17 Å². The molecular weight excluding hydrogens is 574 g/mol. The third-order valence-corrected chi connectivity index (χ3v) is 9.61. The van der Waals surface area contributed by atoms with Gasteiger partial charge in [-0.1, -0.05) is 115 Å². The largest absolute Gasteiger partial charge is 0.454 e. The van der Waals surface area contributed by atoms with Gasteiger partial charge in [0.15, 0.2) is 5.58 Å². The molecule has 10 rings (SSSR count). The third-order valence-electron chi connectivity index (χ3n) is 9.61. The second-order valence-corrected chi connectivity index (χ2v) is 12.2. The van der Waals surface area contributed by atoms with Crippen LogP contribution >= 0.6 is 0 Å². The molecule has 4 heteroatoms. The van der Waals surface area contributed by atoms with Gasteiger partial charge in [0, 0.05) is 27.2 Å². The summed E-state index contributed by atoms with van der Waals surface area (Å²) >= 11 is 0. The summed E-state index contributed by atoms with van der Waals surface area (Å²) in [5.74, 6) is 0. The van der Waals surface area contributed by atoms with Crippen LogP contribution in [0.25, 0.3) is 60.6 Å². The monoisotopic (exact) mass is 603 g/mol. The SMILES string of the molecule is c1ccc(C2Nc3ccccc3N2c2ccc(-c3cccc4oc5c(-n6c7ccccc7c7ccccc76)cccc5c34)cc2)cc1. The smallest absolute Gasteiger partial charge is 0.159 e. The van der Waals surface area contributed by atoms with Crippen molar-refractivity contribution in [1.82, 2.24) is 4.57 Å². The Morgan fingerprint density at radius 2 is 1.15 bits per heavy atom. The number of aromatic nitrogens is 1. The number of fused-ring (bicyclic) bond motifs is 7. The van der Waals surface area contributed by atoms with Crippen LogP contribution in [0.4, 0.5) is 17.1 Å². The lowest BCUT2D eigenvalue weighted by atomic mass is 9.98. The number of furan rings is 1. The molecule has 2 aromatic heterocycles. The van der Waals surface area contributed by atoms with Crippen molar-refractivity contribution in [3.63, 3.8) is 0 Å². The molecule has 1 N–H and O–H groups in total. The number of para-hydroxylation sites is 5. The van der Waals surface area contributed by atoms with Gasteiger partial charge in [0.2, 0.25) is 0 Å². The van der Waals surface area contributed by atoms with E-state index in [9.17, 15) is 0 Å². The fourth-order valence-electron chi connectivity index (χ4n) is 7.55. The highest BCUT2D eigenvalue weighted by molar-refractivity contribution is 6.16. The molecule has 0 aliphatic carbocycles. The molecule has 3 heterocycles. The molecule has 9 aromatic rings. The Labute approximate surface area is 271 Å². The lowest BCUT2D eigenvalue weighted by molar-refractivity contribution is 0.666. The lowest BCUT2D eigenvalue weighted by Gasteiger charge is -2.27. The number of nitrogens with zero attached hydrogens (tertiary/aromatic N) is 2. The summed E-state index contributed by atoms with van der Waals surface area (Å²) in [6.07, 6.45) is 0.0139. The van der Waals surface area contributed by atoms with Crippen molar-refractivity contribution in [3.8, 4) is 16.8 Å². The van der Waals surface area contributed by atoms with Gasteiger partial charge < -0.3 is 19.2 Å². The molecule has 0 amide bonds. The molecule has 222 valence electrons. The van der Waals surface area contributed by atoms with Crippen molar-refractivity contribution < 1.29 is 4.42 Å². The standard InChI is InChI=1S/C43H29N3O/c1-2-12-29(13-3-1)43-44-35-18-6-9-21-38(35)45(43)30-26-24-28(25-27-30)31-16-11-23-40-41(31)34-17-10-22-39(42(34)47-40)46-36-19-7-4-14-32(36)33-15-5-8-20-37(33)46/h1-27,43-44H. The first-order valence-corrected chi connectivity index (χ1v) is 16.1. The minimum absolute atomic E-state index is 0.0139. The minimum Gasteiger partial charge on any atom is -0.454 e. The number of anilines is 3. The summed E-state index contributed by atoms with van der Waals surface area (Å²) in [5.41, 5.74) is 12.2. The van der Waals surface area contributed by atoms with Crippen molar-refractivity contribution in [2.75, 3.05) is 10.2 Å². The van der Waals surface area contributed by atoms with E-state index in [0.29, 0.717) is 0 Å². The maximum absolute atomic E-state index is 6.74. The highest BCUT2D eigenvalue weighted by Gasteiger charge is 2.31. The summed E-state index contributed by atoms with van der Waals surface area (Å²) in [7, 11) is 0. The Bertz CT molecular complexity index is 2560. The second-order valence-electron chi connectivity index (χ2n) is 12.2. The normalized spacial score (nSPS) is 14.3. The Hall–Kier alpha value is -6.26.